The molecule has 34 heavy (non-hydrogen) atoms. The van der Waals surface area contributed by atoms with Crippen LogP contribution in [0.25, 0.3) is 0 Å². The Labute approximate surface area is 201 Å². The summed E-state index contributed by atoms with van der Waals surface area (Å²) in [6.45, 7) is 5.06. The number of likely N-dealkylation sites (tertiary alicyclic amines) is 1. The Morgan fingerprint density at radius 1 is 1.09 bits per heavy atom. The largest absolute Gasteiger partial charge is 0.457 e. The van der Waals surface area contributed by atoms with Gasteiger partial charge in [0, 0.05) is 25.4 Å². The molecule has 3 amide bonds. The first kappa shape index (κ1) is 25.3. The van der Waals surface area contributed by atoms with Crippen LogP contribution in [0.15, 0.2) is 54.6 Å². The second-order valence-electron chi connectivity index (χ2n) is 9.38. The predicted octanol–water partition coefficient (Wildman–Crippen LogP) is 4.01. The molecule has 2 unspecified atom stereocenters. The van der Waals surface area contributed by atoms with Crippen molar-refractivity contribution in [2.24, 2.45) is 17.6 Å². The quantitative estimate of drug-likeness (QED) is 0.553. The topological polar surface area (TPSA) is 102 Å². The second kappa shape index (κ2) is 12.2. The molecule has 1 heterocycles. The minimum Gasteiger partial charge on any atom is -0.457 e. The number of ether oxygens (including phenoxy) is 1. The number of benzene rings is 2. The smallest absolute Gasteiger partial charge is 0.245 e. The lowest BCUT2D eigenvalue weighted by Gasteiger charge is -2.26. The number of primary amides is 1. The number of carbonyl (C=O) groups excluding carboxylic acids is 3. The van der Waals surface area contributed by atoms with Gasteiger partial charge < -0.3 is 20.7 Å². The average molecular weight is 466 g/mol. The summed E-state index contributed by atoms with van der Waals surface area (Å²) in [5, 5.41) is 2.92. The summed E-state index contributed by atoms with van der Waals surface area (Å²) in [6, 6.07) is 16.7. The normalized spacial score (nSPS) is 17.2. The number of hydrogen-bond acceptors (Lipinski definition) is 4. The van der Waals surface area contributed by atoms with Crippen molar-refractivity contribution in [2.45, 2.75) is 58.5 Å². The molecule has 0 radical (unpaired) electrons. The van der Waals surface area contributed by atoms with Gasteiger partial charge in [0.15, 0.2) is 0 Å². The lowest BCUT2D eigenvalue weighted by molar-refractivity contribution is -0.138. The SMILES string of the molecule is CC(C)CC(CC(N)=O)C(=O)NC1CCCCN(Cc2cccc(Oc3ccccc3)c2)C1=O. The van der Waals surface area contributed by atoms with E-state index < -0.39 is 17.9 Å². The fourth-order valence-electron chi connectivity index (χ4n) is 4.33. The molecule has 2 atom stereocenters. The molecular weight excluding hydrogens is 430 g/mol. The number of para-hydroxylation sites is 1. The lowest BCUT2D eigenvalue weighted by Crippen LogP contribution is -2.49. The lowest BCUT2D eigenvalue weighted by atomic mass is 9.92. The van der Waals surface area contributed by atoms with E-state index in [-0.39, 0.29) is 24.2 Å². The van der Waals surface area contributed by atoms with E-state index in [1.165, 1.54) is 0 Å². The third-order valence-corrected chi connectivity index (χ3v) is 5.92. The van der Waals surface area contributed by atoms with Gasteiger partial charge in [0.1, 0.15) is 17.5 Å². The predicted molar refractivity (Wildman–Crippen MR) is 131 cm³/mol. The molecule has 7 heteroatoms. The van der Waals surface area contributed by atoms with Crippen molar-refractivity contribution in [1.29, 1.82) is 0 Å². The molecule has 3 N–H and O–H groups in total. The van der Waals surface area contributed by atoms with Gasteiger partial charge >= 0.3 is 0 Å². The number of nitrogens with two attached hydrogens (primary N) is 1. The van der Waals surface area contributed by atoms with Crippen molar-refractivity contribution in [3.63, 3.8) is 0 Å². The molecule has 1 aliphatic heterocycles. The van der Waals surface area contributed by atoms with Crippen molar-refractivity contribution < 1.29 is 19.1 Å². The molecular formula is C27H35N3O4. The van der Waals surface area contributed by atoms with Gasteiger partial charge in [-0.25, -0.2) is 0 Å². The van der Waals surface area contributed by atoms with Crippen LogP contribution in [0.4, 0.5) is 0 Å². The third-order valence-electron chi connectivity index (χ3n) is 5.92. The Kier molecular flexibility index (Phi) is 9.08. The number of hydrogen-bond donors (Lipinski definition) is 2. The van der Waals surface area contributed by atoms with Crippen LogP contribution in [-0.2, 0) is 20.9 Å². The molecule has 0 spiro atoms. The highest BCUT2D eigenvalue weighted by Gasteiger charge is 2.31. The van der Waals surface area contributed by atoms with Gasteiger partial charge in [-0.1, -0.05) is 44.2 Å². The van der Waals surface area contributed by atoms with E-state index in [1.54, 1.807) is 4.90 Å². The van der Waals surface area contributed by atoms with Gasteiger partial charge in [-0.05, 0) is 61.4 Å². The molecule has 1 aliphatic rings. The number of nitrogens with zero attached hydrogens (tertiary/aromatic N) is 1. The minimum absolute atomic E-state index is 0.0111. The zero-order chi connectivity index (χ0) is 24.5. The highest BCUT2D eigenvalue weighted by atomic mass is 16.5. The van der Waals surface area contributed by atoms with Crippen LogP contribution >= 0.6 is 0 Å². The van der Waals surface area contributed by atoms with Gasteiger partial charge in [0.05, 0.1) is 0 Å². The summed E-state index contributed by atoms with van der Waals surface area (Å²) in [4.78, 5) is 39.5. The molecule has 1 saturated heterocycles. The van der Waals surface area contributed by atoms with E-state index in [0.29, 0.717) is 31.7 Å². The molecule has 0 aliphatic carbocycles. The molecule has 1 fully saturated rings. The van der Waals surface area contributed by atoms with Gasteiger partial charge in [0.25, 0.3) is 0 Å². The van der Waals surface area contributed by atoms with Gasteiger partial charge in [-0.3, -0.25) is 14.4 Å². The molecule has 2 aromatic rings. The summed E-state index contributed by atoms with van der Waals surface area (Å²) in [6.07, 6.45) is 2.84. The highest BCUT2D eigenvalue weighted by Crippen LogP contribution is 2.24. The Bertz CT molecular complexity index is 977. The Hall–Kier alpha value is -3.35. The van der Waals surface area contributed by atoms with Crippen LogP contribution in [0.2, 0.25) is 0 Å². The summed E-state index contributed by atoms with van der Waals surface area (Å²) in [5.41, 5.74) is 6.32. The summed E-state index contributed by atoms with van der Waals surface area (Å²) in [5.74, 6) is 0.301. The monoisotopic (exact) mass is 465 g/mol. The van der Waals surface area contributed by atoms with E-state index in [1.807, 2.05) is 68.4 Å². The number of nitrogens with one attached hydrogen (secondary N) is 1. The second-order valence-corrected chi connectivity index (χ2v) is 9.38. The van der Waals surface area contributed by atoms with Crippen LogP contribution in [0.1, 0.15) is 51.5 Å². The summed E-state index contributed by atoms with van der Waals surface area (Å²) < 4.78 is 5.92. The Balaban J connectivity index is 1.67. The fraction of sp³-hybridized carbons (Fsp3) is 0.444. The van der Waals surface area contributed by atoms with E-state index in [9.17, 15) is 14.4 Å². The van der Waals surface area contributed by atoms with Crippen molar-refractivity contribution in [2.75, 3.05) is 6.54 Å². The first-order valence-corrected chi connectivity index (χ1v) is 12.0. The summed E-state index contributed by atoms with van der Waals surface area (Å²) in [7, 11) is 0. The minimum atomic E-state index is -0.596. The van der Waals surface area contributed by atoms with Crippen molar-refractivity contribution in [3.05, 3.63) is 60.2 Å². The van der Waals surface area contributed by atoms with Crippen LogP contribution in [0.3, 0.4) is 0 Å². The van der Waals surface area contributed by atoms with E-state index in [2.05, 4.69) is 5.32 Å². The van der Waals surface area contributed by atoms with Gasteiger partial charge in [0.2, 0.25) is 17.7 Å². The van der Waals surface area contributed by atoms with Crippen LogP contribution in [0.5, 0.6) is 11.5 Å². The maximum absolute atomic E-state index is 13.3. The Morgan fingerprint density at radius 2 is 1.82 bits per heavy atom. The van der Waals surface area contributed by atoms with Crippen molar-refractivity contribution in [3.8, 4) is 11.5 Å². The molecule has 182 valence electrons. The zero-order valence-corrected chi connectivity index (χ0v) is 20.0. The first-order valence-electron chi connectivity index (χ1n) is 12.0. The molecule has 0 aromatic heterocycles. The maximum atomic E-state index is 13.3. The summed E-state index contributed by atoms with van der Waals surface area (Å²) >= 11 is 0. The van der Waals surface area contributed by atoms with Crippen molar-refractivity contribution >= 4 is 17.7 Å². The van der Waals surface area contributed by atoms with Crippen LogP contribution in [0, 0.1) is 11.8 Å². The molecule has 3 rings (SSSR count). The van der Waals surface area contributed by atoms with E-state index >= 15 is 0 Å². The van der Waals surface area contributed by atoms with Crippen LogP contribution in [-0.4, -0.2) is 35.2 Å². The average Bonchev–Trinajstić information content (AvgIpc) is 2.95. The number of amides is 3. The molecule has 0 saturated carbocycles. The van der Waals surface area contributed by atoms with E-state index in [0.717, 1.165) is 24.2 Å². The third kappa shape index (κ3) is 7.61. The number of rotatable bonds is 10. The Morgan fingerprint density at radius 3 is 2.53 bits per heavy atom. The fourth-order valence-corrected chi connectivity index (χ4v) is 4.33. The van der Waals surface area contributed by atoms with Crippen molar-refractivity contribution in [1.82, 2.24) is 10.2 Å². The standard InChI is InChI=1S/C27H35N3O4/c1-19(2)15-21(17-25(28)31)26(32)29-24-13-6-7-14-30(27(24)33)18-20-9-8-12-23(16-20)34-22-10-4-3-5-11-22/h3-5,8-12,16,19,21,24H,6-7,13-15,17-18H2,1-2H3,(H2,28,31)(H,29,32). The van der Waals surface area contributed by atoms with Crippen LogP contribution < -0.4 is 15.8 Å². The maximum Gasteiger partial charge on any atom is 0.245 e. The zero-order valence-electron chi connectivity index (χ0n) is 20.0. The molecule has 0 bridgehead atoms. The number of carbonyl (C=O) groups is 3. The highest BCUT2D eigenvalue weighted by molar-refractivity contribution is 5.90. The van der Waals surface area contributed by atoms with Gasteiger partial charge in [-0.15, -0.1) is 0 Å². The first-order chi connectivity index (χ1) is 16.3. The van der Waals surface area contributed by atoms with Gasteiger partial charge in [-0.2, -0.15) is 0 Å². The molecule has 7 nitrogen and oxygen atoms in total. The molecule has 2 aromatic carbocycles. The van der Waals surface area contributed by atoms with E-state index in [4.69, 9.17) is 10.5 Å².